The number of nitriles is 1. The Labute approximate surface area is 159 Å². The molecule has 0 aliphatic rings. The summed E-state index contributed by atoms with van der Waals surface area (Å²) < 4.78 is 10.4. The quantitative estimate of drug-likeness (QED) is 0.541. The van der Waals surface area contributed by atoms with Gasteiger partial charge in [0.25, 0.3) is 0 Å². The van der Waals surface area contributed by atoms with Gasteiger partial charge in [0.2, 0.25) is 11.9 Å². The lowest BCUT2D eigenvalue weighted by Gasteiger charge is -2.10. The Balaban J connectivity index is 2.08. The first-order valence-electron chi connectivity index (χ1n) is 7.28. The van der Waals surface area contributed by atoms with Gasteiger partial charge in [-0.3, -0.25) is 4.79 Å². The Morgan fingerprint density at radius 1 is 1.31 bits per heavy atom. The van der Waals surface area contributed by atoms with Crippen molar-refractivity contribution in [2.24, 2.45) is 0 Å². The van der Waals surface area contributed by atoms with Gasteiger partial charge in [-0.15, -0.1) is 23.5 Å². The first kappa shape index (κ1) is 19.7. The van der Waals surface area contributed by atoms with Crippen LogP contribution in [-0.4, -0.2) is 42.1 Å². The second kappa shape index (κ2) is 9.17. The number of rotatable bonds is 7. The van der Waals surface area contributed by atoms with Gasteiger partial charge < -0.3 is 20.5 Å². The molecule has 0 unspecified atom stereocenters. The lowest BCUT2D eigenvalue weighted by atomic mass is 10.3. The number of aromatic nitrogens is 2. The molecule has 0 radical (unpaired) electrons. The monoisotopic (exact) mass is 391 g/mol. The van der Waals surface area contributed by atoms with E-state index in [4.69, 9.17) is 15.2 Å². The predicted octanol–water partition coefficient (Wildman–Crippen LogP) is 2.40. The smallest absolute Gasteiger partial charge is 0.235 e. The molecular weight excluding hydrogens is 374 g/mol. The fourth-order valence-electron chi connectivity index (χ4n) is 2.02. The second-order valence-corrected chi connectivity index (χ2v) is 6.62. The molecule has 1 heterocycles. The first-order valence-corrected chi connectivity index (χ1v) is 9.49. The van der Waals surface area contributed by atoms with Crippen LogP contribution in [0.25, 0.3) is 0 Å². The summed E-state index contributed by atoms with van der Waals surface area (Å²) in [6.45, 7) is 0. The van der Waals surface area contributed by atoms with E-state index in [2.05, 4.69) is 15.3 Å². The molecule has 2 rings (SSSR count). The van der Waals surface area contributed by atoms with Gasteiger partial charge in [-0.2, -0.15) is 10.2 Å². The highest BCUT2D eigenvalue weighted by Gasteiger charge is 2.15. The summed E-state index contributed by atoms with van der Waals surface area (Å²) in [6.07, 6.45) is 1.77. The summed E-state index contributed by atoms with van der Waals surface area (Å²) >= 11 is 2.57. The predicted molar refractivity (Wildman–Crippen MR) is 102 cm³/mol. The van der Waals surface area contributed by atoms with Crippen LogP contribution in [-0.2, 0) is 4.79 Å². The van der Waals surface area contributed by atoms with E-state index < -0.39 is 0 Å². The molecule has 0 atom stereocenters. The molecule has 0 bridgehead atoms. The number of nitrogens with zero attached hydrogens (tertiary/aromatic N) is 3. The van der Waals surface area contributed by atoms with Crippen molar-refractivity contribution < 1.29 is 14.3 Å². The SMILES string of the molecule is COc1ccc(SCC(=O)Nc2nc(N)nc(SC)c2C#N)cc1OC. The average molecular weight is 391 g/mol. The zero-order chi connectivity index (χ0) is 19.1. The Bertz CT molecular complexity index is 855. The number of anilines is 2. The molecule has 8 nitrogen and oxygen atoms in total. The molecule has 10 heteroatoms. The van der Waals surface area contributed by atoms with Crippen LogP contribution in [0.3, 0.4) is 0 Å². The van der Waals surface area contributed by atoms with Gasteiger partial charge in [0, 0.05) is 4.90 Å². The van der Waals surface area contributed by atoms with Gasteiger partial charge in [-0.05, 0) is 24.5 Å². The lowest BCUT2D eigenvalue weighted by molar-refractivity contribution is -0.113. The number of ether oxygens (including phenoxy) is 2. The number of thioether (sulfide) groups is 2. The van der Waals surface area contributed by atoms with Crippen LogP contribution in [0.5, 0.6) is 11.5 Å². The molecule has 0 saturated carbocycles. The molecule has 26 heavy (non-hydrogen) atoms. The summed E-state index contributed by atoms with van der Waals surface area (Å²) in [4.78, 5) is 21.0. The first-order chi connectivity index (χ1) is 12.5. The Hall–Kier alpha value is -2.64. The molecule has 3 N–H and O–H groups in total. The summed E-state index contributed by atoms with van der Waals surface area (Å²) in [5.41, 5.74) is 5.82. The minimum absolute atomic E-state index is 0.00352. The maximum absolute atomic E-state index is 12.2. The van der Waals surface area contributed by atoms with Gasteiger partial charge in [0.1, 0.15) is 16.7 Å². The molecule has 0 aliphatic carbocycles. The van der Waals surface area contributed by atoms with Crippen LogP contribution in [0.2, 0.25) is 0 Å². The number of hydrogen-bond acceptors (Lipinski definition) is 9. The topological polar surface area (TPSA) is 123 Å². The number of nitrogens with two attached hydrogens (primary N) is 1. The third-order valence-electron chi connectivity index (χ3n) is 3.18. The minimum atomic E-state index is -0.313. The molecule has 0 fully saturated rings. The van der Waals surface area contributed by atoms with Crippen molar-refractivity contribution in [2.75, 3.05) is 37.3 Å². The van der Waals surface area contributed by atoms with Crippen LogP contribution in [0, 0.1) is 11.3 Å². The number of amides is 1. The molecule has 0 spiro atoms. The van der Waals surface area contributed by atoms with Crippen molar-refractivity contribution in [3.8, 4) is 17.6 Å². The van der Waals surface area contributed by atoms with E-state index in [1.807, 2.05) is 12.1 Å². The van der Waals surface area contributed by atoms with Crippen molar-refractivity contribution in [3.05, 3.63) is 23.8 Å². The fourth-order valence-corrected chi connectivity index (χ4v) is 3.27. The fraction of sp³-hybridized carbons (Fsp3) is 0.250. The highest BCUT2D eigenvalue weighted by molar-refractivity contribution is 8.00. The molecule has 1 aromatic carbocycles. The summed E-state index contributed by atoms with van der Waals surface area (Å²) in [7, 11) is 3.10. The van der Waals surface area contributed by atoms with Gasteiger partial charge in [0.15, 0.2) is 17.3 Å². The van der Waals surface area contributed by atoms with E-state index >= 15 is 0 Å². The Kier molecular flexibility index (Phi) is 6.94. The minimum Gasteiger partial charge on any atom is -0.493 e. The lowest BCUT2D eigenvalue weighted by Crippen LogP contribution is -2.17. The van der Waals surface area contributed by atoms with Crippen molar-refractivity contribution in [1.29, 1.82) is 5.26 Å². The number of nitrogens with one attached hydrogen (secondary N) is 1. The second-order valence-electron chi connectivity index (χ2n) is 4.78. The van der Waals surface area contributed by atoms with E-state index in [1.165, 1.54) is 23.5 Å². The summed E-state index contributed by atoms with van der Waals surface area (Å²) in [6, 6.07) is 7.37. The zero-order valence-corrected chi connectivity index (χ0v) is 16.0. The molecular formula is C16H17N5O3S2. The maximum atomic E-state index is 12.2. The van der Waals surface area contributed by atoms with Crippen molar-refractivity contribution in [1.82, 2.24) is 9.97 Å². The maximum Gasteiger partial charge on any atom is 0.235 e. The van der Waals surface area contributed by atoms with E-state index in [0.29, 0.717) is 16.5 Å². The van der Waals surface area contributed by atoms with Crippen molar-refractivity contribution >= 4 is 41.2 Å². The van der Waals surface area contributed by atoms with E-state index in [9.17, 15) is 10.1 Å². The number of benzene rings is 1. The number of methoxy groups -OCH3 is 2. The molecule has 0 aliphatic heterocycles. The van der Waals surface area contributed by atoms with Crippen LogP contribution in [0.1, 0.15) is 5.56 Å². The van der Waals surface area contributed by atoms with Crippen LogP contribution < -0.4 is 20.5 Å². The highest BCUT2D eigenvalue weighted by Crippen LogP contribution is 2.32. The van der Waals surface area contributed by atoms with E-state index in [-0.39, 0.29) is 29.0 Å². The molecule has 0 saturated heterocycles. The largest absolute Gasteiger partial charge is 0.493 e. The normalized spacial score (nSPS) is 10.1. The van der Waals surface area contributed by atoms with Gasteiger partial charge in [-0.1, -0.05) is 0 Å². The number of carbonyl (C=O) groups is 1. The Morgan fingerprint density at radius 2 is 2.04 bits per heavy atom. The number of nitrogen functional groups attached to an aromatic ring is 1. The van der Waals surface area contributed by atoms with Crippen LogP contribution >= 0.6 is 23.5 Å². The van der Waals surface area contributed by atoms with Gasteiger partial charge in [0.05, 0.1) is 20.0 Å². The zero-order valence-electron chi connectivity index (χ0n) is 14.4. The third-order valence-corrected chi connectivity index (χ3v) is 4.86. The number of carbonyl (C=O) groups excluding carboxylic acids is 1. The molecule has 136 valence electrons. The van der Waals surface area contributed by atoms with E-state index in [1.54, 1.807) is 32.6 Å². The standard InChI is InChI=1S/C16H17N5O3S2/c1-23-11-5-4-9(6-12(11)24-2)26-8-13(22)19-14-10(7-17)15(25-3)21-16(18)20-14/h4-6H,8H2,1-3H3,(H3,18,19,20,21,22). The molecule has 1 amide bonds. The van der Waals surface area contributed by atoms with Crippen LogP contribution in [0.4, 0.5) is 11.8 Å². The van der Waals surface area contributed by atoms with Crippen molar-refractivity contribution in [2.45, 2.75) is 9.92 Å². The third kappa shape index (κ3) is 4.71. The van der Waals surface area contributed by atoms with E-state index in [0.717, 1.165) is 4.90 Å². The highest BCUT2D eigenvalue weighted by atomic mass is 32.2. The Morgan fingerprint density at radius 3 is 2.65 bits per heavy atom. The molecule has 2 aromatic rings. The average Bonchev–Trinajstić information content (AvgIpc) is 2.65. The van der Waals surface area contributed by atoms with Crippen molar-refractivity contribution in [3.63, 3.8) is 0 Å². The summed E-state index contributed by atoms with van der Waals surface area (Å²) in [5, 5.41) is 12.3. The number of hydrogen-bond donors (Lipinski definition) is 2. The van der Waals surface area contributed by atoms with Gasteiger partial charge in [-0.25, -0.2) is 4.98 Å². The van der Waals surface area contributed by atoms with Crippen LogP contribution in [0.15, 0.2) is 28.1 Å². The van der Waals surface area contributed by atoms with Gasteiger partial charge >= 0.3 is 0 Å². The summed E-state index contributed by atoms with van der Waals surface area (Å²) in [5.74, 6) is 1.11. The molecule has 1 aromatic heterocycles.